The first-order valence-electron chi connectivity index (χ1n) is 12.2. The molecule has 0 saturated carbocycles. The average molecular weight is 549 g/mol. The molecule has 0 heterocycles. The molecule has 38 heavy (non-hydrogen) atoms. The maximum Gasteiger partial charge on any atom is 0.573 e. The Labute approximate surface area is 216 Å². The Morgan fingerprint density at radius 2 is 1.18 bits per heavy atom. The molecule has 0 aliphatic carbocycles. The highest BCUT2D eigenvalue weighted by Crippen LogP contribution is 2.24. The van der Waals surface area contributed by atoms with E-state index < -0.39 is 24.4 Å². The van der Waals surface area contributed by atoms with Crippen LogP contribution in [0.1, 0.15) is 66.2 Å². The number of benzene rings is 2. The predicted octanol–water partition coefficient (Wildman–Crippen LogP) is 6.72. The van der Waals surface area contributed by atoms with Crippen molar-refractivity contribution < 1.29 is 45.4 Å². The first-order chi connectivity index (χ1) is 17.9. The lowest BCUT2D eigenvalue weighted by Crippen LogP contribution is -2.32. The smallest absolute Gasteiger partial charge is 0.406 e. The van der Waals surface area contributed by atoms with Crippen LogP contribution in [0, 0.1) is 0 Å². The maximum atomic E-state index is 12.8. The summed E-state index contributed by atoms with van der Waals surface area (Å²) in [5, 5.41) is 2.72. The van der Waals surface area contributed by atoms with Crippen molar-refractivity contribution in [3.8, 4) is 11.5 Å². The zero-order chi connectivity index (χ0) is 28.2. The Morgan fingerprint density at radius 3 is 1.68 bits per heavy atom. The second-order valence-electron chi connectivity index (χ2n) is 8.46. The first kappa shape index (κ1) is 30.8. The van der Waals surface area contributed by atoms with Gasteiger partial charge in [-0.15, -0.1) is 26.3 Å². The van der Waals surface area contributed by atoms with E-state index in [-0.39, 0.29) is 22.8 Å². The summed E-state index contributed by atoms with van der Waals surface area (Å²) >= 11 is 0. The first-order valence-corrected chi connectivity index (χ1v) is 12.2. The molecule has 2 aromatic rings. The Balaban J connectivity index is 1.66. The number of hydrogen-bond acceptors (Lipinski definition) is 4. The van der Waals surface area contributed by atoms with Crippen molar-refractivity contribution in [3.63, 3.8) is 0 Å². The minimum atomic E-state index is -4.80. The molecule has 2 aromatic carbocycles. The second kappa shape index (κ2) is 14.5. The molecule has 0 aliphatic rings. The van der Waals surface area contributed by atoms with E-state index in [1.807, 2.05) is 6.92 Å². The molecular formula is C26H30F6N2O4. The van der Waals surface area contributed by atoms with Crippen LogP contribution in [0.4, 0.5) is 26.3 Å². The van der Waals surface area contributed by atoms with Gasteiger partial charge in [0.1, 0.15) is 11.5 Å². The van der Waals surface area contributed by atoms with Crippen LogP contribution in [0.2, 0.25) is 0 Å². The van der Waals surface area contributed by atoms with Gasteiger partial charge in [0.25, 0.3) is 11.8 Å². The molecule has 12 heteroatoms. The van der Waals surface area contributed by atoms with Crippen LogP contribution in [0.5, 0.6) is 11.5 Å². The average Bonchev–Trinajstić information content (AvgIpc) is 2.83. The maximum absolute atomic E-state index is 12.8. The number of hydrogen-bond donors (Lipinski definition) is 1. The number of nitrogens with zero attached hydrogens (tertiary/aromatic N) is 1. The SMILES string of the molecule is CCCN(CCCCCCCNC(=O)c1ccc(OC(F)(F)F)cc1)C(=O)c1ccc(OC(F)(F)F)cc1. The lowest BCUT2D eigenvalue weighted by atomic mass is 10.1. The van der Waals surface area contributed by atoms with Gasteiger partial charge in [-0.05, 0) is 67.8 Å². The lowest BCUT2D eigenvalue weighted by molar-refractivity contribution is -0.275. The Morgan fingerprint density at radius 1 is 0.711 bits per heavy atom. The van der Waals surface area contributed by atoms with E-state index in [1.54, 1.807) is 4.90 Å². The van der Waals surface area contributed by atoms with Crippen molar-refractivity contribution in [2.45, 2.75) is 58.2 Å². The van der Waals surface area contributed by atoms with Crippen LogP contribution in [0.15, 0.2) is 48.5 Å². The molecule has 0 saturated heterocycles. The van der Waals surface area contributed by atoms with Crippen molar-refractivity contribution in [2.75, 3.05) is 19.6 Å². The minimum Gasteiger partial charge on any atom is -0.406 e. The summed E-state index contributed by atoms with van der Waals surface area (Å²) in [6.07, 6.45) is -4.84. The topological polar surface area (TPSA) is 67.9 Å². The van der Waals surface area contributed by atoms with Gasteiger partial charge in [0, 0.05) is 30.8 Å². The third kappa shape index (κ3) is 11.7. The van der Waals surface area contributed by atoms with Crippen LogP contribution in [-0.4, -0.2) is 49.1 Å². The molecule has 0 spiro atoms. The molecule has 210 valence electrons. The van der Waals surface area contributed by atoms with Crippen molar-refractivity contribution in [2.24, 2.45) is 0 Å². The number of carbonyl (C=O) groups is 2. The number of carbonyl (C=O) groups excluding carboxylic acids is 2. The summed E-state index contributed by atoms with van der Waals surface area (Å²) in [6.45, 7) is 3.38. The van der Waals surface area contributed by atoms with Gasteiger partial charge >= 0.3 is 12.7 Å². The van der Waals surface area contributed by atoms with E-state index >= 15 is 0 Å². The zero-order valence-corrected chi connectivity index (χ0v) is 20.8. The second-order valence-corrected chi connectivity index (χ2v) is 8.46. The van der Waals surface area contributed by atoms with Crippen LogP contribution >= 0.6 is 0 Å². The summed E-state index contributed by atoms with van der Waals surface area (Å²) in [7, 11) is 0. The highest BCUT2D eigenvalue weighted by molar-refractivity contribution is 5.94. The predicted molar refractivity (Wildman–Crippen MR) is 128 cm³/mol. The lowest BCUT2D eigenvalue weighted by Gasteiger charge is -2.22. The molecule has 0 radical (unpaired) electrons. The van der Waals surface area contributed by atoms with Gasteiger partial charge < -0.3 is 19.7 Å². The molecule has 0 aliphatic heterocycles. The number of rotatable bonds is 14. The molecule has 2 amide bonds. The fourth-order valence-corrected chi connectivity index (χ4v) is 3.64. The van der Waals surface area contributed by atoms with E-state index in [1.165, 1.54) is 24.3 Å². The van der Waals surface area contributed by atoms with E-state index in [9.17, 15) is 35.9 Å². The van der Waals surface area contributed by atoms with Crippen LogP contribution in [-0.2, 0) is 0 Å². The molecule has 0 atom stereocenters. The number of alkyl halides is 6. The third-order valence-corrected chi connectivity index (χ3v) is 5.36. The highest BCUT2D eigenvalue weighted by Gasteiger charge is 2.31. The van der Waals surface area contributed by atoms with Crippen LogP contribution in [0.25, 0.3) is 0 Å². The fourth-order valence-electron chi connectivity index (χ4n) is 3.64. The van der Waals surface area contributed by atoms with Crippen LogP contribution < -0.4 is 14.8 Å². The molecular weight excluding hydrogens is 518 g/mol. The summed E-state index contributed by atoms with van der Waals surface area (Å²) < 4.78 is 81.1. The van der Waals surface area contributed by atoms with E-state index in [4.69, 9.17) is 0 Å². The quantitative estimate of drug-likeness (QED) is 0.210. The molecule has 0 unspecified atom stereocenters. The summed E-state index contributed by atoms with van der Waals surface area (Å²) in [6, 6.07) is 9.51. The van der Waals surface area contributed by atoms with Crippen LogP contribution in [0.3, 0.4) is 0 Å². The van der Waals surface area contributed by atoms with Crippen molar-refractivity contribution >= 4 is 11.8 Å². The summed E-state index contributed by atoms with van der Waals surface area (Å²) in [5.74, 6) is -1.44. The normalized spacial score (nSPS) is 11.7. The largest absolute Gasteiger partial charge is 0.573 e. The number of amides is 2. The van der Waals surface area contributed by atoms with Gasteiger partial charge in [-0.2, -0.15) is 0 Å². The minimum absolute atomic E-state index is 0.225. The molecule has 1 N–H and O–H groups in total. The molecule has 0 fully saturated rings. The van der Waals surface area contributed by atoms with Gasteiger partial charge in [0.15, 0.2) is 0 Å². The van der Waals surface area contributed by atoms with Crippen molar-refractivity contribution in [3.05, 3.63) is 59.7 Å². The Bertz CT molecular complexity index is 1010. The monoisotopic (exact) mass is 548 g/mol. The van der Waals surface area contributed by atoms with Gasteiger partial charge in [-0.1, -0.05) is 26.2 Å². The van der Waals surface area contributed by atoms with E-state index in [0.29, 0.717) is 26.1 Å². The number of unbranched alkanes of at least 4 members (excludes halogenated alkanes) is 4. The molecule has 0 aromatic heterocycles. The van der Waals surface area contributed by atoms with Gasteiger partial charge in [0.05, 0.1) is 0 Å². The van der Waals surface area contributed by atoms with Gasteiger partial charge in [0.2, 0.25) is 0 Å². The van der Waals surface area contributed by atoms with Crippen molar-refractivity contribution in [1.29, 1.82) is 0 Å². The number of ether oxygens (including phenoxy) is 2. The standard InChI is InChI=1S/C26H30F6N2O4/c1-2-17-34(24(36)20-10-14-22(15-11-20)38-26(30,31)32)18-7-5-3-4-6-16-33-23(35)19-8-12-21(13-9-19)37-25(27,28)29/h8-15H,2-7,16-18H2,1H3,(H,33,35). The van der Waals surface area contributed by atoms with Gasteiger partial charge in [-0.3, -0.25) is 9.59 Å². The Hall–Kier alpha value is -3.44. The number of nitrogens with one attached hydrogen (secondary N) is 1. The van der Waals surface area contributed by atoms with E-state index in [0.717, 1.165) is 56.4 Å². The molecule has 0 bridgehead atoms. The highest BCUT2D eigenvalue weighted by atomic mass is 19.4. The number of halogens is 6. The molecule has 2 rings (SSSR count). The van der Waals surface area contributed by atoms with Crippen molar-refractivity contribution in [1.82, 2.24) is 10.2 Å². The zero-order valence-electron chi connectivity index (χ0n) is 20.8. The third-order valence-electron chi connectivity index (χ3n) is 5.36. The summed E-state index contributed by atoms with van der Waals surface area (Å²) in [4.78, 5) is 26.5. The fraction of sp³-hybridized carbons (Fsp3) is 0.462. The summed E-state index contributed by atoms with van der Waals surface area (Å²) in [5.41, 5.74) is 0.508. The molecule has 6 nitrogen and oxygen atoms in total. The van der Waals surface area contributed by atoms with Gasteiger partial charge in [-0.25, -0.2) is 0 Å². The van der Waals surface area contributed by atoms with E-state index in [2.05, 4.69) is 14.8 Å². The Kier molecular flexibility index (Phi) is 11.7.